The monoisotopic (exact) mass is 544 g/mol. The Morgan fingerprint density at radius 2 is 1.78 bits per heavy atom. The van der Waals surface area contributed by atoms with Gasteiger partial charge in [-0.1, -0.05) is 49.7 Å². The molecular weight excluding hydrogens is 512 g/mol. The standard InChI is InChI=1S/C35H32N2O4/c1-3-6-25-17-27(14-9-22(25)2)36-33(38)24-12-10-23(11-13-24)20-37-30-8-5-4-7-28(30)35(34(37)39)21-41-32-19-31-26(15-16-40-31)18-29(32)35/h4-5,7-14,17-19H,3,6,15-16,20-21H2,1-2H3,(H,36,38). The molecule has 2 amide bonds. The lowest BCUT2D eigenvalue weighted by Gasteiger charge is -2.23. The summed E-state index contributed by atoms with van der Waals surface area (Å²) in [6.45, 7) is 5.58. The molecule has 6 heteroatoms. The second-order valence-corrected chi connectivity index (χ2v) is 11.2. The Labute approximate surface area is 239 Å². The quantitative estimate of drug-likeness (QED) is 0.307. The molecule has 1 unspecified atom stereocenters. The van der Waals surface area contributed by atoms with E-state index in [0.717, 1.165) is 64.4 Å². The van der Waals surface area contributed by atoms with Gasteiger partial charge in [-0.3, -0.25) is 9.59 Å². The third-order valence-electron chi connectivity index (χ3n) is 8.64. The molecule has 3 heterocycles. The lowest BCUT2D eigenvalue weighted by molar-refractivity contribution is -0.122. The van der Waals surface area contributed by atoms with Crippen LogP contribution in [0, 0.1) is 6.92 Å². The summed E-state index contributed by atoms with van der Waals surface area (Å²) in [6, 6.07) is 25.6. The van der Waals surface area contributed by atoms with Gasteiger partial charge in [0.05, 0.1) is 13.2 Å². The zero-order valence-electron chi connectivity index (χ0n) is 23.3. The SMILES string of the molecule is CCCc1cc(NC(=O)c2ccc(CN3C(=O)C4(COc5cc6c(cc54)CCO6)c4ccccc43)cc2)ccc1C. The van der Waals surface area contributed by atoms with Crippen LogP contribution in [0.4, 0.5) is 11.4 Å². The second-order valence-electron chi connectivity index (χ2n) is 11.2. The van der Waals surface area contributed by atoms with Gasteiger partial charge in [0.15, 0.2) is 0 Å². The number of aryl methyl sites for hydroxylation is 2. The van der Waals surface area contributed by atoms with Crippen LogP contribution in [0.3, 0.4) is 0 Å². The topological polar surface area (TPSA) is 67.9 Å². The molecule has 0 fully saturated rings. The van der Waals surface area contributed by atoms with E-state index < -0.39 is 5.41 Å². The molecule has 0 bridgehead atoms. The van der Waals surface area contributed by atoms with Crippen LogP contribution in [0.1, 0.15) is 57.1 Å². The van der Waals surface area contributed by atoms with Crippen molar-refractivity contribution in [1.82, 2.24) is 0 Å². The van der Waals surface area contributed by atoms with Gasteiger partial charge in [-0.25, -0.2) is 0 Å². The molecule has 206 valence electrons. The van der Waals surface area contributed by atoms with Crippen LogP contribution in [0.2, 0.25) is 0 Å². The molecule has 1 N–H and O–H groups in total. The van der Waals surface area contributed by atoms with Crippen molar-refractivity contribution in [2.24, 2.45) is 0 Å². The smallest absolute Gasteiger partial charge is 0.255 e. The molecule has 6 nitrogen and oxygen atoms in total. The number of hydrogen-bond acceptors (Lipinski definition) is 4. The number of anilines is 2. The average Bonchev–Trinajstić information content (AvgIpc) is 3.66. The summed E-state index contributed by atoms with van der Waals surface area (Å²) in [6.07, 6.45) is 2.88. The predicted octanol–water partition coefficient (Wildman–Crippen LogP) is 6.36. The van der Waals surface area contributed by atoms with Crippen molar-refractivity contribution in [3.8, 4) is 11.5 Å². The van der Waals surface area contributed by atoms with E-state index in [1.54, 1.807) is 0 Å². The number of carbonyl (C=O) groups is 2. The zero-order chi connectivity index (χ0) is 28.1. The van der Waals surface area contributed by atoms with Gasteiger partial charge in [-0.05, 0) is 77.6 Å². The normalized spacial score (nSPS) is 18.1. The van der Waals surface area contributed by atoms with Crippen molar-refractivity contribution in [2.75, 3.05) is 23.4 Å². The van der Waals surface area contributed by atoms with Crippen LogP contribution >= 0.6 is 0 Å². The highest BCUT2D eigenvalue weighted by Gasteiger charge is 2.57. The van der Waals surface area contributed by atoms with E-state index in [4.69, 9.17) is 9.47 Å². The minimum Gasteiger partial charge on any atom is -0.493 e. The van der Waals surface area contributed by atoms with Crippen LogP contribution < -0.4 is 19.7 Å². The molecule has 0 radical (unpaired) electrons. The van der Waals surface area contributed by atoms with Crippen molar-refractivity contribution in [3.05, 3.63) is 118 Å². The fourth-order valence-electron chi connectivity index (χ4n) is 6.44. The minimum absolute atomic E-state index is 0.0142. The van der Waals surface area contributed by atoms with Gasteiger partial charge >= 0.3 is 0 Å². The number of carbonyl (C=O) groups excluding carboxylic acids is 2. The van der Waals surface area contributed by atoms with Gasteiger partial charge in [0.25, 0.3) is 5.91 Å². The fraction of sp³-hybridized carbons (Fsp3) is 0.257. The van der Waals surface area contributed by atoms with Gasteiger partial charge in [0.1, 0.15) is 23.5 Å². The molecule has 0 saturated heterocycles. The lowest BCUT2D eigenvalue weighted by atomic mass is 9.76. The molecule has 0 aliphatic carbocycles. The van der Waals surface area contributed by atoms with E-state index in [1.807, 2.05) is 65.6 Å². The molecule has 41 heavy (non-hydrogen) atoms. The van der Waals surface area contributed by atoms with E-state index in [2.05, 4.69) is 37.4 Å². The highest BCUT2D eigenvalue weighted by molar-refractivity contribution is 6.11. The Balaban J connectivity index is 1.13. The first kappa shape index (κ1) is 25.4. The Bertz CT molecular complexity index is 1690. The highest BCUT2D eigenvalue weighted by atomic mass is 16.5. The maximum atomic E-state index is 14.3. The molecule has 0 aromatic heterocycles. The Hall–Kier alpha value is -4.58. The Kier molecular flexibility index (Phi) is 6.07. The van der Waals surface area contributed by atoms with Crippen LogP contribution in [-0.2, 0) is 29.6 Å². The van der Waals surface area contributed by atoms with Gasteiger partial charge in [0.2, 0.25) is 5.91 Å². The molecule has 7 rings (SSSR count). The molecule has 1 spiro atoms. The maximum absolute atomic E-state index is 14.3. The molecule has 4 aromatic rings. The number of ether oxygens (including phenoxy) is 2. The highest BCUT2D eigenvalue weighted by Crippen LogP contribution is 2.54. The first-order valence-corrected chi connectivity index (χ1v) is 14.3. The number of nitrogens with zero attached hydrogens (tertiary/aromatic N) is 1. The van der Waals surface area contributed by atoms with E-state index in [-0.39, 0.29) is 18.4 Å². The van der Waals surface area contributed by atoms with Gasteiger partial charge in [-0.15, -0.1) is 0 Å². The van der Waals surface area contributed by atoms with E-state index in [9.17, 15) is 9.59 Å². The summed E-state index contributed by atoms with van der Waals surface area (Å²) >= 11 is 0. The van der Waals surface area contributed by atoms with Gasteiger partial charge in [-0.2, -0.15) is 0 Å². The van der Waals surface area contributed by atoms with Crippen molar-refractivity contribution in [2.45, 2.75) is 45.1 Å². The van der Waals surface area contributed by atoms with Crippen molar-refractivity contribution in [3.63, 3.8) is 0 Å². The summed E-state index contributed by atoms with van der Waals surface area (Å²) in [5.41, 5.74) is 7.86. The summed E-state index contributed by atoms with van der Waals surface area (Å²) in [4.78, 5) is 29.1. The predicted molar refractivity (Wildman–Crippen MR) is 159 cm³/mol. The van der Waals surface area contributed by atoms with E-state index >= 15 is 0 Å². The zero-order valence-corrected chi connectivity index (χ0v) is 23.3. The number of rotatable bonds is 6. The summed E-state index contributed by atoms with van der Waals surface area (Å²) < 4.78 is 11.9. The van der Waals surface area contributed by atoms with Crippen LogP contribution in [0.25, 0.3) is 0 Å². The van der Waals surface area contributed by atoms with Crippen LogP contribution in [0.15, 0.2) is 78.9 Å². The minimum atomic E-state index is -0.867. The summed E-state index contributed by atoms with van der Waals surface area (Å²) in [5.74, 6) is 1.44. The third kappa shape index (κ3) is 4.08. The number of hydrogen-bond donors (Lipinski definition) is 1. The molecule has 4 aromatic carbocycles. The molecule has 3 aliphatic rings. The first-order valence-electron chi connectivity index (χ1n) is 14.3. The number of fused-ring (bicyclic) bond motifs is 5. The first-order chi connectivity index (χ1) is 20.0. The number of nitrogens with one attached hydrogen (secondary N) is 1. The van der Waals surface area contributed by atoms with Crippen molar-refractivity contribution < 1.29 is 19.1 Å². The second kappa shape index (κ2) is 9.81. The fourth-order valence-corrected chi connectivity index (χ4v) is 6.44. The Morgan fingerprint density at radius 3 is 2.61 bits per heavy atom. The number of benzene rings is 4. The van der Waals surface area contributed by atoms with Crippen molar-refractivity contribution in [1.29, 1.82) is 0 Å². The van der Waals surface area contributed by atoms with Crippen LogP contribution in [0.5, 0.6) is 11.5 Å². The number of para-hydroxylation sites is 1. The summed E-state index contributed by atoms with van der Waals surface area (Å²) in [5, 5.41) is 3.03. The molecule has 0 saturated carbocycles. The van der Waals surface area contributed by atoms with Crippen LogP contribution in [-0.4, -0.2) is 25.0 Å². The van der Waals surface area contributed by atoms with Gasteiger partial charge in [0, 0.05) is 35.0 Å². The Morgan fingerprint density at radius 1 is 0.951 bits per heavy atom. The van der Waals surface area contributed by atoms with E-state index in [1.165, 1.54) is 11.1 Å². The molecule has 1 atom stereocenters. The third-order valence-corrected chi connectivity index (χ3v) is 8.64. The molecule has 3 aliphatic heterocycles. The van der Waals surface area contributed by atoms with Gasteiger partial charge < -0.3 is 19.7 Å². The number of amides is 2. The van der Waals surface area contributed by atoms with Crippen molar-refractivity contribution >= 4 is 23.2 Å². The maximum Gasteiger partial charge on any atom is 0.255 e. The molecular formula is C35H32N2O4. The largest absolute Gasteiger partial charge is 0.493 e. The average molecular weight is 545 g/mol. The lowest BCUT2D eigenvalue weighted by Crippen LogP contribution is -2.42. The van der Waals surface area contributed by atoms with E-state index in [0.29, 0.717) is 18.7 Å². The summed E-state index contributed by atoms with van der Waals surface area (Å²) in [7, 11) is 0.